The molecule has 9 heteroatoms. The Morgan fingerprint density at radius 3 is 2.19 bits per heavy atom. The van der Waals surface area contributed by atoms with Crippen LogP contribution in [0.2, 0.25) is 0 Å². The molecule has 0 aliphatic carbocycles. The number of nitro benzene ring substituents is 1. The predicted octanol–water partition coefficient (Wildman–Crippen LogP) is 2.88. The molecule has 1 unspecified atom stereocenters. The Morgan fingerprint density at radius 2 is 1.69 bits per heavy atom. The van der Waals surface area contributed by atoms with Gasteiger partial charge in [0.05, 0.1) is 15.5 Å². The molecule has 0 aromatic heterocycles. The minimum Gasteiger partial charge on any atom is -0.480 e. The van der Waals surface area contributed by atoms with Gasteiger partial charge in [0.15, 0.2) is 0 Å². The highest BCUT2D eigenvalue weighted by atomic mass is 32.2. The summed E-state index contributed by atoms with van der Waals surface area (Å²) in [6, 6.07) is 8.22. The molecular weight excluding hydrogens is 360 g/mol. The van der Waals surface area contributed by atoms with E-state index in [1.165, 1.54) is 25.1 Å². The Bertz CT molecular complexity index is 951. The van der Waals surface area contributed by atoms with Crippen LogP contribution in [0.5, 0.6) is 0 Å². The fourth-order valence-electron chi connectivity index (χ4n) is 2.65. The van der Waals surface area contributed by atoms with E-state index in [1.54, 1.807) is 32.0 Å². The normalized spacial score (nSPS) is 12.4. The molecule has 8 nitrogen and oxygen atoms in total. The lowest BCUT2D eigenvalue weighted by Crippen LogP contribution is -2.44. The van der Waals surface area contributed by atoms with Crippen molar-refractivity contribution in [3.63, 3.8) is 0 Å². The second-order valence-corrected chi connectivity index (χ2v) is 7.62. The Hall–Kier alpha value is -2.94. The van der Waals surface area contributed by atoms with Gasteiger partial charge in [0, 0.05) is 12.1 Å². The second-order valence-electron chi connectivity index (χ2n) is 5.81. The molecule has 2 rings (SSSR count). The molecule has 0 heterocycles. The van der Waals surface area contributed by atoms with Gasteiger partial charge >= 0.3 is 5.97 Å². The Morgan fingerprint density at radius 1 is 1.15 bits per heavy atom. The summed E-state index contributed by atoms with van der Waals surface area (Å²) in [7, 11) is -4.35. The van der Waals surface area contributed by atoms with Crippen LogP contribution in [-0.4, -0.2) is 30.5 Å². The molecule has 1 atom stereocenters. The average Bonchev–Trinajstić information content (AvgIpc) is 2.57. The number of sulfonamides is 1. The molecule has 0 spiro atoms. The van der Waals surface area contributed by atoms with E-state index in [0.29, 0.717) is 11.1 Å². The maximum absolute atomic E-state index is 13.2. The number of para-hydroxylation sites is 1. The van der Waals surface area contributed by atoms with E-state index in [4.69, 9.17) is 0 Å². The van der Waals surface area contributed by atoms with Crippen molar-refractivity contribution in [2.75, 3.05) is 4.31 Å². The number of non-ortho nitro benzene ring substituents is 1. The van der Waals surface area contributed by atoms with Crippen molar-refractivity contribution < 1.29 is 23.2 Å². The van der Waals surface area contributed by atoms with Gasteiger partial charge in [-0.25, -0.2) is 13.2 Å². The highest BCUT2D eigenvalue weighted by Crippen LogP contribution is 2.33. The fraction of sp³-hybridized carbons (Fsp3) is 0.235. The monoisotopic (exact) mass is 378 g/mol. The smallest absolute Gasteiger partial charge is 0.327 e. The molecule has 0 bridgehead atoms. The van der Waals surface area contributed by atoms with Crippen LogP contribution in [0.25, 0.3) is 0 Å². The van der Waals surface area contributed by atoms with Gasteiger partial charge in [0.25, 0.3) is 15.7 Å². The summed E-state index contributed by atoms with van der Waals surface area (Å²) < 4.78 is 27.2. The van der Waals surface area contributed by atoms with Crippen molar-refractivity contribution in [1.82, 2.24) is 0 Å². The van der Waals surface area contributed by atoms with E-state index in [9.17, 15) is 28.4 Å². The summed E-state index contributed by atoms with van der Waals surface area (Å²) in [6.07, 6.45) is 0. The number of carboxylic acids is 1. The van der Waals surface area contributed by atoms with Crippen LogP contribution in [0.3, 0.4) is 0 Å². The van der Waals surface area contributed by atoms with Gasteiger partial charge in [-0.2, -0.15) is 0 Å². The average molecular weight is 378 g/mol. The standard InChI is InChI=1S/C17H18N2O6S/c1-11-6-4-7-12(2)16(11)18(13(3)17(20)21)26(24,25)15-9-5-8-14(10-15)19(22)23/h4-10,13H,1-3H3,(H,20,21). The lowest BCUT2D eigenvalue weighted by molar-refractivity contribution is -0.385. The molecule has 0 aliphatic heterocycles. The molecule has 0 saturated carbocycles. The number of benzene rings is 2. The molecule has 0 fully saturated rings. The van der Waals surface area contributed by atoms with Crippen molar-refractivity contribution >= 4 is 27.4 Å². The highest BCUT2D eigenvalue weighted by Gasteiger charge is 2.35. The van der Waals surface area contributed by atoms with Gasteiger partial charge in [-0.15, -0.1) is 0 Å². The van der Waals surface area contributed by atoms with Crippen LogP contribution in [0.15, 0.2) is 47.4 Å². The molecule has 0 amide bonds. The zero-order chi connectivity index (χ0) is 19.6. The highest BCUT2D eigenvalue weighted by molar-refractivity contribution is 7.93. The van der Waals surface area contributed by atoms with Crippen molar-refractivity contribution in [3.8, 4) is 0 Å². The number of hydrogen-bond acceptors (Lipinski definition) is 5. The zero-order valence-electron chi connectivity index (χ0n) is 14.4. The van der Waals surface area contributed by atoms with Crippen molar-refractivity contribution in [1.29, 1.82) is 0 Å². The van der Waals surface area contributed by atoms with Crippen LogP contribution in [0.4, 0.5) is 11.4 Å². The van der Waals surface area contributed by atoms with Crippen LogP contribution >= 0.6 is 0 Å². The van der Waals surface area contributed by atoms with Crippen LogP contribution in [-0.2, 0) is 14.8 Å². The molecule has 2 aromatic rings. The number of aliphatic carboxylic acids is 1. The number of hydrogen-bond donors (Lipinski definition) is 1. The second kappa shape index (κ2) is 7.12. The summed E-state index contributed by atoms with van der Waals surface area (Å²) in [5, 5.41) is 20.4. The van der Waals surface area contributed by atoms with Crippen molar-refractivity contribution in [2.45, 2.75) is 31.7 Å². The Balaban J connectivity index is 2.75. The van der Waals surface area contributed by atoms with Gasteiger partial charge < -0.3 is 5.11 Å². The zero-order valence-corrected chi connectivity index (χ0v) is 15.2. The minimum atomic E-state index is -4.35. The molecule has 26 heavy (non-hydrogen) atoms. The lowest BCUT2D eigenvalue weighted by atomic mass is 10.1. The summed E-state index contributed by atoms with van der Waals surface area (Å²) in [5.74, 6) is -1.33. The quantitative estimate of drug-likeness (QED) is 0.610. The first-order chi connectivity index (χ1) is 12.1. The van der Waals surface area contributed by atoms with Crippen LogP contribution < -0.4 is 4.31 Å². The molecule has 0 radical (unpaired) electrons. The van der Waals surface area contributed by atoms with E-state index < -0.39 is 32.6 Å². The van der Waals surface area contributed by atoms with E-state index in [2.05, 4.69) is 0 Å². The molecular formula is C17H18N2O6S. The molecule has 0 saturated heterocycles. The van der Waals surface area contributed by atoms with Gasteiger partial charge in [0.2, 0.25) is 0 Å². The minimum absolute atomic E-state index is 0.244. The number of rotatable bonds is 6. The first-order valence-corrected chi connectivity index (χ1v) is 9.09. The van der Waals surface area contributed by atoms with Crippen LogP contribution in [0, 0.1) is 24.0 Å². The SMILES string of the molecule is Cc1cccc(C)c1N(C(C)C(=O)O)S(=O)(=O)c1cccc([N+](=O)[O-])c1. The van der Waals surface area contributed by atoms with Gasteiger partial charge in [-0.1, -0.05) is 24.3 Å². The van der Waals surface area contributed by atoms with E-state index in [1.807, 2.05) is 0 Å². The number of nitro groups is 1. The summed E-state index contributed by atoms with van der Waals surface area (Å²) in [6.45, 7) is 4.60. The largest absolute Gasteiger partial charge is 0.480 e. The third-order valence-corrected chi connectivity index (χ3v) is 5.82. The summed E-state index contributed by atoms with van der Waals surface area (Å²) in [4.78, 5) is 21.5. The summed E-state index contributed by atoms with van der Waals surface area (Å²) >= 11 is 0. The Labute approximate surface area is 150 Å². The number of aryl methyl sites for hydroxylation is 2. The predicted molar refractivity (Wildman–Crippen MR) is 95.8 cm³/mol. The Kier molecular flexibility index (Phi) is 5.31. The molecule has 0 aliphatic rings. The van der Waals surface area contributed by atoms with Crippen LogP contribution in [0.1, 0.15) is 18.1 Å². The van der Waals surface area contributed by atoms with E-state index >= 15 is 0 Å². The topological polar surface area (TPSA) is 118 Å². The van der Waals surface area contributed by atoms with E-state index in [0.717, 1.165) is 10.4 Å². The fourth-order valence-corrected chi connectivity index (χ4v) is 4.43. The molecule has 1 N–H and O–H groups in total. The lowest BCUT2D eigenvalue weighted by Gasteiger charge is -2.30. The first-order valence-electron chi connectivity index (χ1n) is 7.65. The van der Waals surface area contributed by atoms with Crippen molar-refractivity contribution in [2.24, 2.45) is 0 Å². The maximum atomic E-state index is 13.2. The number of carboxylic acid groups (broad SMARTS) is 1. The first kappa shape index (κ1) is 19.4. The number of anilines is 1. The number of carbonyl (C=O) groups is 1. The summed E-state index contributed by atoms with van der Waals surface area (Å²) in [5.41, 5.74) is 1.00. The van der Waals surface area contributed by atoms with Gasteiger partial charge in [-0.05, 0) is 38.0 Å². The maximum Gasteiger partial charge on any atom is 0.327 e. The van der Waals surface area contributed by atoms with E-state index in [-0.39, 0.29) is 10.6 Å². The molecule has 2 aromatic carbocycles. The van der Waals surface area contributed by atoms with Crippen molar-refractivity contribution in [3.05, 3.63) is 63.7 Å². The molecule has 138 valence electrons. The number of nitrogens with zero attached hydrogens (tertiary/aromatic N) is 2. The third kappa shape index (κ3) is 3.52. The third-order valence-electron chi connectivity index (χ3n) is 3.95. The van der Waals surface area contributed by atoms with Gasteiger partial charge in [-0.3, -0.25) is 14.4 Å². The van der Waals surface area contributed by atoms with Gasteiger partial charge in [0.1, 0.15) is 6.04 Å².